The molecule has 1 aliphatic rings. The van der Waals surface area contributed by atoms with Gasteiger partial charge in [0.1, 0.15) is 29.8 Å². The van der Waals surface area contributed by atoms with Gasteiger partial charge in [0, 0.05) is 25.9 Å². The summed E-state index contributed by atoms with van der Waals surface area (Å²) in [5, 5.41) is 7.82. The second-order valence-electron chi connectivity index (χ2n) is 5.59. The van der Waals surface area contributed by atoms with Crippen molar-refractivity contribution >= 4 is 16.9 Å². The highest BCUT2D eigenvalue weighted by atomic mass is 19.1. The van der Waals surface area contributed by atoms with Gasteiger partial charge in [-0.25, -0.2) is 14.4 Å². The number of rotatable bonds is 3. The monoisotopic (exact) mass is 313 g/mol. The number of benzene rings is 1. The molecule has 0 aliphatic carbocycles. The highest BCUT2D eigenvalue weighted by Crippen LogP contribution is 2.26. The smallest absolute Gasteiger partial charge is 0.160 e. The van der Waals surface area contributed by atoms with E-state index in [-0.39, 0.29) is 11.9 Å². The highest BCUT2D eigenvalue weighted by Gasteiger charge is 2.23. The van der Waals surface area contributed by atoms with Crippen LogP contribution in [0.25, 0.3) is 11.0 Å². The van der Waals surface area contributed by atoms with Crippen molar-refractivity contribution in [3.8, 4) is 5.75 Å². The molecule has 0 amide bonds. The van der Waals surface area contributed by atoms with Crippen LogP contribution in [-0.2, 0) is 0 Å². The molecule has 0 saturated carbocycles. The number of hydrogen-bond acceptors (Lipinski definition) is 5. The summed E-state index contributed by atoms with van der Waals surface area (Å²) in [7, 11) is 0. The molecule has 3 aromatic rings. The zero-order valence-electron chi connectivity index (χ0n) is 12.4. The number of ether oxygens (including phenoxy) is 1. The van der Waals surface area contributed by atoms with Gasteiger partial charge in [-0.2, -0.15) is 5.10 Å². The summed E-state index contributed by atoms with van der Waals surface area (Å²) in [5.41, 5.74) is 0.750. The summed E-state index contributed by atoms with van der Waals surface area (Å²) >= 11 is 0. The van der Waals surface area contributed by atoms with Crippen LogP contribution in [0.2, 0.25) is 0 Å². The Hall–Kier alpha value is -2.70. The normalized spacial score (nSPS) is 16.0. The van der Waals surface area contributed by atoms with Crippen molar-refractivity contribution in [2.45, 2.75) is 18.9 Å². The second kappa shape index (κ2) is 5.83. The average Bonchev–Trinajstić information content (AvgIpc) is 3.06. The Bertz CT molecular complexity index is 796. The van der Waals surface area contributed by atoms with Crippen LogP contribution in [0.5, 0.6) is 5.75 Å². The molecule has 118 valence electrons. The maximum absolute atomic E-state index is 12.9. The zero-order valence-corrected chi connectivity index (χ0v) is 12.4. The van der Waals surface area contributed by atoms with Crippen LogP contribution in [0, 0.1) is 5.82 Å². The first kappa shape index (κ1) is 13.9. The van der Waals surface area contributed by atoms with Crippen LogP contribution in [0.1, 0.15) is 12.8 Å². The number of fused-ring (bicyclic) bond motifs is 1. The molecule has 2 aromatic heterocycles. The summed E-state index contributed by atoms with van der Waals surface area (Å²) in [6, 6.07) is 6.17. The van der Waals surface area contributed by atoms with Gasteiger partial charge in [0.15, 0.2) is 5.65 Å². The minimum Gasteiger partial charge on any atom is -0.490 e. The molecular formula is C16H16FN5O. The maximum atomic E-state index is 12.9. The molecule has 1 saturated heterocycles. The molecule has 4 rings (SSSR count). The minimum absolute atomic E-state index is 0.137. The molecular weight excluding hydrogens is 297 g/mol. The summed E-state index contributed by atoms with van der Waals surface area (Å²) in [6.07, 6.45) is 5.22. The predicted octanol–water partition coefficient (Wildman–Crippen LogP) is 2.54. The fourth-order valence-electron chi connectivity index (χ4n) is 2.90. The minimum atomic E-state index is -0.250. The third-order valence-corrected chi connectivity index (χ3v) is 4.08. The lowest BCUT2D eigenvalue weighted by Crippen LogP contribution is -2.38. The number of piperidine rings is 1. The van der Waals surface area contributed by atoms with Crippen molar-refractivity contribution in [1.29, 1.82) is 0 Å². The zero-order chi connectivity index (χ0) is 15.6. The number of aromatic amines is 1. The molecule has 7 heteroatoms. The number of nitrogens with one attached hydrogen (secondary N) is 1. The molecule has 0 spiro atoms. The van der Waals surface area contributed by atoms with Gasteiger partial charge in [-0.05, 0) is 24.3 Å². The van der Waals surface area contributed by atoms with Crippen molar-refractivity contribution in [3.63, 3.8) is 0 Å². The molecule has 0 atom stereocenters. The molecule has 1 N–H and O–H groups in total. The molecule has 23 heavy (non-hydrogen) atoms. The van der Waals surface area contributed by atoms with Gasteiger partial charge < -0.3 is 9.64 Å². The van der Waals surface area contributed by atoms with E-state index < -0.39 is 0 Å². The molecule has 1 aliphatic heterocycles. The van der Waals surface area contributed by atoms with Gasteiger partial charge in [0.05, 0.1) is 11.6 Å². The lowest BCUT2D eigenvalue weighted by Gasteiger charge is -2.33. The molecule has 0 bridgehead atoms. The Morgan fingerprint density at radius 2 is 1.91 bits per heavy atom. The van der Waals surface area contributed by atoms with Gasteiger partial charge in [-0.3, -0.25) is 5.10 Å². The third-order valence-electron chi connectivity index (χ3n) is 4.08. The Morgan fingerprint density at radius 1 is 1.13 bits per heavy atom. The van der Waals surface area contributed by atoms with Crippen LogP contribution in [0.3, 0.4) is 0 Å². The largest absolute Gasteiger partial charge is 0.490 e. The van der Waals surface area contributed by atoms with Crippen LogP contribution in [-0.4, -0.2) is 39.4 Å². The van der Waals surface area contributed by atoms with E-state index in [9.17, 15) is 4.39 Å². The molecule has 1 fully saturated rings. The predicted molar refractivity (Wildman–Crippen MR) is 83.9 cm³/mol. The van der Waals surface area contributed by atoms with E-state index in [1.807, 2.05) is 0 Å². The van der Waals surface area contributed by atoms with E-state index in [1.165, 1.54) is 12.1 Å². The average molecular weight is 313 g/mol. The second-order valence-corrected chi connectivity index (χ2v) is 5.59. The number of nitrogens with zero attached hydrogens (tertiary/aromatic N) is 4. The van der Waals surface area contributed by atoms with E-state index in [0.717, 1.165) is 42.8 Å². The summed E-state index contributed by atoms with van der Waals surface area (Å²) in [4.78, 5) is 10.8. The van der Waals surface area contributed by atoms with Gasteiger partial charge in [-0.15, -0.1) is 0 Å². The lowest BCUT2D eigenvalue weighted by molar-refractivity contribution is 0.170. The number of hydrogen-bond donors (Lipinski definition) is 1. The van der Waals surface area contributed by atoms with Crippen LogP contribution < -0.4 is 9.64 Å². The summed E-state index contributed by atoms with van der Waals surface area (Å²) in [6.45, 7) is 1.70. The van der Waals surface area contributed by atoms with Crippen molar-refractivity contribution in [1.82, 2.24) is 20.2 Å². The topological polar surface area (TPSA) is 66.9 Å². The maximum Gasteiger partial charge on any atom is 0.160 e. The van der Waals surface area contributed by atoms with Crippen molar-refractivity contribution < 1.29 is 9.13 Å². The number of H-pyrrole nitrogens is 1. The van der Waals surface area contributed by atoms with Gasteiger partial charge >= 0.3 is 0 Å². The van der Waals surface area contributed by atoms with Gasteiger partial charge in [-0.1, -0.05) is 0 Å². The van der Waals surface area contributed by atoms with E-state index >= 15 is 0 Å². The first-order chi connectivity index (χ1) is 11.3. The van der Waals surface area contributed by atoms with E-state index in [2.05, 4.69) is 25.1 Å². The van der Waals surface area contributed by atoms with Crippen LogP contribution in [0.15, 0.2) is 36.8 Å². The van der Waals surface area contributed by atoms with Gasteiger partial charge in [0.25, 0.3) is 0 Å². The number of halogens is 1. The van der Waals surface area contributed by atoms with E-state index in [4.69, 9.17) is 4.74 Å². The molecule has 0 radical (unpaired) electrons. The fraction of sp³-hybridized carbons (Fsp3) is 0.312. The fourth-order valence-corrected chi connectivity index (χ4v) is 2.90. The van der Waals surface area contributed by atoms with E-state index in [1.54, 1.807) is 24.7 Å². The van der Waals surface area contributed by atoms with Crippen LogP contribution >= 0.6 is 0 Å². The van der Waals surface area contributed by atoms with Crippen LogP contribution in [0.4, 0.5) is 10.2 Å². The quantitative estimate of drug-likeness (QED) is 0.805. The Labute approximate surface area is 132 Å². The molecule has 6 nitrogen and oxygen atoms in total. The van der Waals surface area contributed by atoms with Crippen molar-refractivity contribution in [2.75, 3.05) is 18.0 Å². The standard InChI is InChI=1S/C16H16FN5O/c17-11-1-3-12(4-2-11)23-13-5-7-22(8-6-13)16-14-9-20-21-15(14)18-10-19-16/h1-4,9-10,13H,5-8H2,(H,18,19,20,21). The first-order valence-corrected chi connectivity index (χ1v) is 7.61. The first-order valence-electron chi connectivity index (χ1n) is 7.61. The molecule has 1 aromatic carbocycles. The van der Waals surface area contributed by atoms with E-state index in [0.29, 0.717) is 5.75 Å². The Morgan fingerprint density at radius 3 is 2.70 bits per heavy atom. The molecule has 0 unspecified atom stereocenters. The number of anilines is 1. The highest BCUT2D eigenvalue weighted by molar-refractivity contribution is 5.86. The van der Waals surface area contributed by atoms with Gasteiger partial charge in [0.2, 0.25) is 0 Å². The summed E-state index contributed by atoms with van der Waals surface area (Å²) < 4.78 is 18.8. The van der Waals surface area contributed by atoms with Crippen molar-refractivity contribution in [3.05, 3.63) is 42.6 Å². The Balaban J connectivity index is 1.43. The summed E-state index contributed by atoms with van der Waals surface area (Å²) in [5.74, 6) is 1.37. The lowest BCUT2D eigenvalue weighted by atomic mass is 10.1. The third kappa shape index (κ3) is 2.81. The SMILES string of the molecule is Fc1ccc(OC2CCN(c3ncnc4[nH]ncc34)CC2)cc1. The van der Waals surface area contributed by atoms with Crippen molar-refractivity contribution in [2.24, 2.45) is 0 Å². The Kier molecular flexibility index (Phi) is 3.53. The number of aromatic nitrogens is 4. The molecule has 3 heterocycles.